The summed E-state index contributed by atoms with van der Waals surface area (Å²) in [5.74, 6) is 1.11. The van der Waals surface area contributed by atoms with Crippen molar-refractivity contribution in [2.24, 2.45) is 0 Å². The number of aldehydes is 1. The largest absolute Gasteiger partial charge is 0.481 e. The summed E-state index contributed by atoms with van der Waals surface area (Å²) in [6.07, 6.45) is 3.67. The van der Waals surface area contributed by atoms with E-state index in [-0.39, 0.29) is 47.2 Å². The van der Waals surface area contributed by atoms with Crippen molar-refractivity contribution >= 4 is 316 Å². The summed E-state index contributed by atoms with van der Waals surface area (Å²) in [5, 5.41) is 61.8. The third-order valence-corrected chi connectivity index (χ3v) is 26.9. The number of aliphatic hydroxyl groups is 1. The summed E-state index contributed by atoms with van der Waals surface area (Å²) in [4.78, 5) is 87.5. The average molecular weight is 2800 g/mol. The molecule has 684 valence electrons. The number of fused-ring (bicyclic) bond motifs is 3. The Morgan fingerprint density at radius 3 is 1.36 bits per heavy atom. The van der Waals surface area contributed by atoms with Gasteiger partial charge in [-0.2, -0.15) is 25.2 Å². The van der Waals surface area contributed by atoms with E-state index in [1.807, 2.05) is 72.0 Å². The number of nitriles is 1. The number of H-pyrrole nitrogens is 1. The van der Waals surface area contributed by atoms with Crippen molar-refractivity contribution < 1.29 is 76.6 Å². The Labute approximate surface area is 872 Å². The molecule has 4 fully saturated rings. The number of nitrogens with zero attached hydrogens (tertiary/aromatic N) is 13. The van der Waals surface area contributed by atoms with Gasteiger partial charge in [0.25, 0.3) is 23.2 Å². The fourth-order valence-corrected chi connectivity index (χ4v) is 22.0. The number of rotatable bonds is 11. The predicted octanol–water partition coefficient (Wildman–Crippen LogP) is 19.8. The van der Waals surface area contributed by atoms with Gasteiger partial charge in [0.2, 0.25) is 5.89 Å². The van der Waals surface area contributed by atoms with Crippen LogP contribution in [0.4, 0.5) is 34.4 Å². The topological polar surface area (TPSA) is 535 Å². The van der Waals surface area contributed by atoms with E-state index in [2.05, 4.69) is 286 Å². The number of hydrogen-bond donors (Lipinski definition) is 9. The maximum Gasteiger partial charge on any atom is 0.337 e. The van der Waals surface area contributed by atoms with Crippen LogP contribution in [0.3, 0.4) is 0 Å². The number of aliphatic hydroxyl groups excluding tert-OH is 1. The molecule has 0 unspecified atom stereocenters. The number of pyridine rings is 3. The van der Waals surface area contributed by atoms with Gasteiger partial charge in [0.15, 0.2) is 41.2 Å². The van der Waals surface area contributed by atoms with E-state index in [0.717, 1.165) is 158 Å². The van der Waals surface area contributed by atoms with Crippen molar-refractivity contribution in [3.8, 4) is 40.4 Å². The molecule has 13 N–H and O–H groups in total. The van der Waals surface area contributed by atoms with Gasteiger partial charge in [0.1, 0.15) is 29.7 Å². The minimum atomic E-state index is -1.01. The molecule has 0 bridgehead atoms. The SMILES string of the molecule is Cc1noc(-c2cc3cc(Br)cc(C#N)c3nc2N2CCC3(CC2)OCCO3)n1.Cc1noc(-c2cc3cc(Br)cc(I)c3[nH]c2=O)n1.Cc1noc(-c2cc3cc(Br)cc(I)c3nc2N2CCC3(CC2)OCCO3)n1.Cc1noc(CC(=O)O)n1.Nc1c(I)cc(Br)cc1C(=O)O.Nc1c(I)cc(Br)cc1C=O.Nc1c(I)cc(Br)cc1CO.Nc1ccc(Br)cc1C(=O)O. The molecule has 7 aromatic heterocycles. The van der Waals surface area contributed by atoms with Gasteiger partial charge in [-0.05, 0) is 250 Å². The van der Waals surface area contributed by atoms with Gasteiger partial charge in [-0.1, -0.05) is 132 Å². The highest BCUT2D eigenvalue weighted by Crippen LogP contribution is 2.42. The number of hydrogen-bond acceptors (Lipinski definition) is 31. The Morgan fingerprint density at radius 1 is 0.489 bits per heavy atom. The normalized spacial score (nSPS) is 13.9. The number of nitrogens with two attached hydrogens (primary N) is 4. The Kier molecular flexibility index (Phi) is 37.4. The lowest BCUT2D eigenvalue weighted by atomic mass is 10.0. The van der Waals surface area contributed by atoms with Gasteiger partial charge in [0, 0.05) is 134 Å². The van der Waals surface area contributed by atoms with E-state index in [4.69, 9.17) is 85.8 Å². The van der Waals surface area contributed by atoms with Crippen molar-refractivity contribution in [3.05, 3.63) is 226 Å². The van der Waals surface area contributed by atoms with Gasteiger partial charge in [0.05, 0.1) is 94.5 Å². The lowest BCUT2D eigenvalue weighted by molar-refractivity contribution is -0.169. The quantitative estimate of drug-likeness (QED) is 0.0330. The zero-order valence-corrected chi connectivity index (χ0v) is 90.5. The van der Waals surface area contributed by atoms with Gasteiger partial charge in [-0.25, -0.2) is 19.6 Å². The molecule has 18 rings (SSSR count). The monoisotopic (exact) mass is 2790 g/mol. The third kappa shape index (κ3) is 27.6. The number of carboxylic acids is 3. The zero-order valence-electron chi connectivity index (χ0n) is 68.6. The Hall–Kier alpha value is -7.69. The number of aliphatic carboxylic acids is 1. The number of anilines is 6. The molecule has 0 radical (unpaired) electrons. The van der Waals surface area contributed by atoms with Crippen LogP contribution in [0.1, 0.15) is 97.1 Å². The molecule has 0 atom stereocenters. The molecule has 131 heavy (non-hydrogen) atoms. The van der Waals surface area contributed by atoms with Crippen molar-refractivity contribution in [1.82, 2.24) is 55.5 Å². The van der Waals surface area contributed by atoms with Gasteiger partial charge in [-0.3, -0.25) is 14.4 Å². The van der Waals surface area contributed by atoms with E-state index >= 15 is 0 Å². The van der Waals surface area contributed by atoms with E-state index in [1.165, 1.54) is 12.1 Å². The highest BCUT2D eigenvalue weighted by molar-refractivity contribution is 14.1. The van der Waals surface area contributed by atoms with Crippen molar-refractivity contribution in [1.29, 1.82) is 5.26 Å². The number of carbonyl (C=O) groups excluding carboxylic acids is 1. The van der Waals surface area contributed by atoms with Crippen LogP contribution in [0.25, 0.3) is 67.1 Å². The van der Waals surface area contributed by atoms with Crippen LogP contribution >= 0.6 is 224 Å². The summed E-state index contributed by atoms with van der Waals surface area (Å²) in [5.41, 5.74) is 30.2. The number of carbonyl (C=O) groups is 4. The maximum atomic E-state index is 12.1. The molecule has 4 saturated heterocycles. The van der Waals surface area contributed by atoms with Crippen LogP contribution in [-0.4, -0.2) is 164 Å². The number of benzene rings is 7. The smallest absolute Gasteiger partial charge is 0.337 e. The fraction of sp³-hybridized carbons (Fsp3) is 0.238. The third-order valence-electron chi connectivity index (χ3n) is 19.3. The number of carboxylic acid groups (broad SMARTS) is 3. The molecule has 4 aliphatic rings. The molecule has 7 aromatic carbocycles. The number of nitrogen functional groups attached to an aromatic ring is 4. The second-order valence-corrected chi connectivity index (χ2v) is 40.7. The Balaban J connectivity index is 0.000000150. The summed E-state index contributed by atoms with van der Waals surface area (Å²) < 4.78 is 54.6. The van der Waals surface area contributed by atoms with Crippen LogP contribution in [0.5, 0.6) is 0 Å². The summed E-state index contributed by atoms with van der Waals surface area (Å²) in [7, 11) is 0. The van der Waals surface area contributed by atoms with Crippen molar-refractivity contribution in [2.45, 2.75) is 78.0 Å². The molecule has 4 aliphatic heterocycles. The van der Waals surface area contributed by atoms with Crippen molar-refractivity contribution in [2.75, 3.05) is 85.3 Å². The first-order valence-corrected chi connectivity index (χ1v) is 49.3. The van der Waals surface area contributed by atoms with Gasteiger partial charge < -0.3 is 95.2 Å². The molecule has 14 aromatic rings. The second kappa shape index (κ2) is 47.2. The molecule has 0 saturated carbocycles. The zero-order chi connectivity index (χ0) is 95.0. The molecular weight excluding hydrogens is 2730 g/mol. The first-order chi connectivity index (χ1) is 62.2. The molecule has 2 spiro atoms. The summed E-state index contributed by atoms with van der Waals surface area (Å²) >= 11 is 34.1. The number of ether oxygens (including phenoxy) is 4. The average Bonchev–Trinajstić information content (AvgIpc) is 1.76. The maximum absolute atomic E-state index is 12.1. The number of aryl methyl sites for hydroxylation is 4. The van der Waals surface area contributed by atoms with E-state index in [1.54, 1.807) is 57.2 Å². The highest BCUT2D eigenvalue weighted by atomic mass is 127. The second-order valence-electron chi connectivity index (χ2n) is 28.4. The van der Waals surface area contributed by atoms with Gasteiger partial charge in [-0.15, -0.1) is 0 Å². The molecule has 11 heterocycles. The van der Waals surface area contributed by atoms with Gasteiger partial charge >= 0.3 is 17.9 Å². The van der Waals surface area contributed by atoms with E-state index < -0.39 is 29.5 Å². The molecule has 0 amide bonds. The molecule has 0 aliphatic carbocycles. The number of aromatic nitrogens is 11. The Morgan fingerprint density at radius 2 is 0.901 bits per heavy atom. The summed E-state index contributed by atoms with van der Waals surface area (Å²) in [6, 6.07) is 35.0. The highest BCUT2D eigenvalue weighted by Gasteiger charge is 2.42. The Bertz CT molecular complexity index is 6700. The van der Waals surface area contributed by atoms with Crippen LogP contribution in [0.2, 0.25) is 0 Å². The lowest BCUT2D eigenvalue weighted by Crippen LogP contribution is -2.45. The first kappa shape index (κ1) is 104. The van der Waals surface area contributed by atoms with Crippen LogP contribution in [0, 0.1) is 56.9 Å². The lowest BCUT2D eigenvalue weighted by Gasteiger charge is -2.38. The molecule has 47 heteroatoms. The van der Waals surface area contributed by atoms with E-state index in [0.29, 0.717) is 105 Å². The fourth-order valence-electron chi connectivity index (χ4n) is 13.1. The number of aromatic carboxylic acids is 2. The van der Waals surface area contributed by atoms with Crippen LogP contribution in [-0.2, 0) is 36.8 Å². The van der Waals surface area contributed by atoms with Crippen LogP contribution in [0.15, 0.2) is 163 Å². The predicted molar refractivity (Wildman–Crippen MR) is 556 cm³/mol. The molecule has 35 nitrogen and oxygen atoms in total. The minimum Gasteiger partial charge on any atom is -0.481 e. The first-order valence-electron chi connectivity index (χ1n) is 38.4. The standard InChI is InChI=1S/C20H18BrN5O3.C19H18BrIN4O3.C12H7BrIN3O2.C7H5BrINO2.C7H7BrINO.C7H5BrINO.C7H6BrNO2.C5H6N2O3/c1-12-23-19(29-25-12)16-10-13-8-15(21)9-14(11-22)17(13)24-18(16)26-4-2-20(3-5-26)27-6-7-28-20;1-11-22-18(28-24-11)14-9-12-8-13(20)10-15(21)16(12)23-17(14)25-4-2-19(3-5-25)26-6-7-27-19;1-5-15-12(19-17-5)8-3-6-2-7(13)4-9(14)10(6)16-11(8)18;8-3-1-4(7(11)12)6(10)5(9)2-3;2*8-5-1-4(3-11)7(10)6(9)2-5;8-4-1-2-6(9)5(3-4)7(10)11;1-3-6-4(10-7-3)2-5(8)9/h8-10H,2-7H2,1H3;8-10H,2-7H2,1H3;2-4H,1H3,(H,16,18);1-2H,10H2,(H,11,12);1-2,11H,3,10H2;1-3H,10H2;1-3H,9H2,(H,10,11);2H2,1H3,(H,8,9). The number of nitrogens with one attached hydrogen (secondary N) is 1. The number of halogens is 12. The van der Waals surface area contributed by atoms with Crippen LogP contribution < -0.4 is 38.3 Å². The van der Waals surface area contributed by atoms with Crippen molar-refractivity contribution in [3.63, 3.8) is 0 Å². The number of piperidine rings is 2. The number of aromatic amines is 1. The minimum absolute atomic E-state index is 0.0126. The summed E-state index contributed by atoms with van der Waals surface area (Å²) in [6.45, 7) is 12.6. The molecular formula is C84H72Br7I5N18O17. The van der Waals surface area contributed by atoms with E-state index in [9.17, 15) is 29.2 Å².